The fourth-order valence-corrected chi connectivity index (χ4v) is 3.71. The molecule has 1 aliphatic heterocycles. The molecule has 1 heterocycles. The number of thiocarbonyl (C=S) groups is 1. The maximum Gasteiger partial charge on any atom is 0.417 e. The molecule has 0 spiro atoms. The highest BCUT2D eigenvalue weighted by Gasteiger charge is 2.34. The molecule has 1 aliphatic rings. The van der Waals surface area contributed by atoms with Gasteiger partial charge in [0.15, 0.2) is 0 Å². The first-order valence-electron chi connectivity index (χ1n) is 6.74. The van der Waals surface area contributed by atoms with Gasteiger partial charge in [0.1, 0.15) is 4.99 Å². The predicted octanol–water partition coefficient (Wildman–Crippen LogP) is 4.04. The van der Waals surface area contributed by atoms with Crippen molar-refractivity contribution in [2.75, 3.05) is 17.6 Å². The molecule has 7 heteroatoms. The van der Waals surface area contributed by atoms with E-state index in [1.54, 1.807) is 0 Å². The molecule has 1 aromatic rings. The van der Waals surface area contributed by atoms with Gasteiger partial charge in [-0.1, -0.05) is 18.6 Å². The topological polar surface area (TPSA) is 38.0 Å². The lowest BCUT2D eigenvalue weighted by molar-refractivity contribution is -0.137. The molecule has 21 heavy (non-hydrogen) atoms. The van der Waals surface area contributed by atoms with E-state index in [2.05, 4.69) is 5.32 Å². The van der Waals surface area contributed by atoms with Crippen LogP contribution in [0.3, 0.4) is 0 Å². The zero-order valence-corrected chi connectivity index (χ0v) is 13.0. The van der Waals surface area contributed by atoms with Crippen LogP contribution in [0.2, 0.25) is 0 Å². The molecule has 0 aromatic heterocycles. The summed E-state index contributed by atoms with van der Waals surface area (Å²) in [4.78, 5) is -0.238. The number of benzene rings is 1. The van der Waals surface area contributed by atoms with Gasteiger partial charge in [-0.05, 0) is 36.8 Å². The standard InChI is InChI=1S/C14H17F3N2S2/c15-14(16,17)12-5-4-9(7-11(12)13(18)20)19-8-10-3-1-2-6-21-10/h4-5,7,10,19H,1-3,6,8H2,(H2,18,20). The molecule has 1 unspecified atom stereocenters. The van der Waals surface area contributed by atoms with Crippen LogP contribution in [0.1, 0.15) is 30.4 Å². The van der Waals surface area contributed by atoms with Crippen LogP contribution in [-0.2, 0) is 6.18 Å². The van der Waals surface area contributed by atoms with Gasteiger partial charge in [0.2, 0.25) is 0 Å². The summed E-state index contributed by atoms with van der Waals surface area (Å²) in [5.74, 6) is 1.15. The molecule has 3 N–H and O–H groups in total. The highest BCUT2D eigenvalue weighted by atomic mass is 32.2. The first-order chi connectivity index (χ1) is 9.88. The van der Waals surface area contributed by atoms with Gasteiger partial charge < -0.3 is 11.1 Å². The van der Waals surface area contributed by atoms with Gasteiger partial charge in [0.25, 0.3) is 0 Å². The van der Waals surface area contributed by atoms with E-state index in [9.17, 15) is 13.2 Å². The van der Waals surface area contributed by atoms with Crippen molar-refractivity contribution in [3.63, 3.8) is 0 Å². The first-order valence-corrected chi connectivity index (χ1v) is 8.20. The maximum absolute atomic E-state index is 12.9. The zero-order valence-electron chi connectivity index (χ0n) is 11.4. The molecule has 1 saturated heterocycles. The van der Waals surface area contributed by atoms with Gasteiger partial charge in [-0.3, -0.25) is 0 Å². The van der Waals surface area contributed by atoms with Crippen molar-refractivity contribution in [3.05, 3.63) is 29.3 Å². The van der Waals surface area contributed by atoms with Crippen LogP contribution >= 0.6 is 24.0 Å². The van der Waals surface area contributed by atoms with Crippen molar-refractivity contribution in [2.45, 2.75) is 30.7 Å². The quantitative estimate of drug-likeness (QED) is 0.815. The molecule has 0 bridgehead atoms. The van der Waals surface area contributed by atoms with Crippen molar-refractivity contribution in [2.24, 2.45) is 5.73 Å². The van der Waals surface area contributed by atoms with Crippen molar-refractivity contribution >= 4 is 34.7 Å². The zero-order chi connectivity index (χ0) is 15.5. The summed E-state index contributed by atoms with van der Waals surface area (Å²) >= 11 is 6.64. The lowest BCUT2D eigenvalue weighted by atomic mass is 10.1. The van der Waals surface area contributed by atoms with Crippen LogP contribution < -0.4 is 11.1 Å². The number of anilines is 1. The van der Waals surface area contributed by atoms with E-state index in [0.29, 0.717) is 10.9 Å². The smallest absolute Gasteiger partial charge is 0.389 e. The molecule has 116 valence electrons. The molecular weight excluding hydrogens is 317 g/mol. The number of rotatable bonds is 4. The Bertz CT molecular complexity index is 511. The van der Waals surface area contributed by atoms with Crippen LogP contribution in [-0.4, -0.2) is 22.5 Å². The minimum Gasteiger partial charge on any atom is -0.389 e. The van der Waals surface area contributed by atoms with E-state index in [-0.39, 0.29) is 10.6 Å². The van der Waals surface area contributed by atoms with Crippen LogP contribution in [0, 0.1) is 0 Å². The van der Waals surface area contributed by atoms with Crippen molar-refractivity contribution in [1.82, 2.24) is 0 Å². The first kappa shape index (κ1) is 16.4. The van der Waals surface area contributed by atoms with Crippen LogP contribution in [0.25, 0.3) is 0 Å². The van der Waals surface area contributed by atoms with Crippen molar-refractivity contribution in [3.8, 4) is 0 Å². The largest absolute Gasteiger partial charge is 0.417 e. The van der Waals surface area contributed by atoms with E-state index >= 15 is 0 Å². The third-order valence-electron chi connectivity index (χ3n) is 3.40. The number of nitrogens with two attached hydrogens (primary N) is 1. The van der Waals surface area contributed by atoms with E-state index < -0.39 is 11.7 Å². The molecule has 0 amide bonds. The van der Waals surface area contributed by atoms with E-state index in [1.807, 2.05) is 11.8 Å². The fourth-order valence-electron chi connectivity index (χ4n) is 2.31. The van der Waals surface area contributed by atoms with Gasteiger partial charge in [0, 0.05) is 23.0 Å². The van der Waals surface area contributed by atoms with Crippen LogP contribution in [0.15, 0.2) is 18.2 Å². The summed E-state index contributed by atoms with van der Waals surface area (Å²) in [6, 6.07) is 3.85. The summed E-state index contributed by atoms with van der Waals surface area (Å²) in [5.41, 5.74) is 5.13. The SMILES string of the molecule is NC(=S)c1cc(NCC2CCCCS2)ccc1C(F)(F)F. The monoisotopic (exact) mass is 334 g/mol. The van der Waals surface area contributed by atoms with Gasteiger partial charge >= 0.3 is 6.18 Å². The molecule has 1 aromatic carbocycles. The maximum atomic E-state index is 12.9. The number of hydrogen-bond acceptors (Lipinski definition) is 3. The molecule has 2 nitrogen and oxygen atoms in total. The van der Waals surface area contributed by atoms with Gasteiger partial charge in [-0.25, -0.2) is 0 Å². The molecular formula is C14H17F3N2S2. The van der Waals surface area contributed by atoms with Crippen LogP contribution in [0.5, 0.6) is 0 Å². The molecule has 1 atom stereocenters. The third kappa shape index (κ3) is 4.51. The molecule has 0 radical (unpaired) electrons. The Balaban J connectivity index is 2.10. The number of hydrogen-bond donors (Lipinski definition) is 2. The number of alkyl halides is 3. The average Bonchev–Trinajstić information content (AvgIpc) is 2.45. The van der Waals surface area contributed by atoms with Crippen molar-refractivity contribution in [1.29, 1.82) is 0 Å². The summed E-state index contributed by atoms with van der Waals surface area (Å²) in [6.45, 7) is 0.743. The Labute approximate surface area is 131 Å². The van der Waals surface area contributed by atoms with Gasteiger partial charge in [-0.15, -0.1) is 0 Å². The summed E-state index contributed by atoms with van der Waals surface area (Å²) in [7, 11) is 0. The van der Waals surface area contributed by atoms with Gasteiger partial charge in [-0.2, -0.15) is 24.9 Å². The number of halogens is 3. The molecule has 0 aliphatic carbocycles. The second-order valence-electron chi connectivity index (χ2n) is 4.99. The van der Waals surface area contributed by atoms with Crippen LogP contribution in [0.4, 0.5) is 18.9 Å². The van der Waals surface area contributed by atoms with Crippen molar-refractivity contribution < 1.29 is 13.2 Å². The predicted molar refractivity (Wildman–Crippen MR) is 85.9 cm³/mol. The Morgan fingerprint density at radius 2 is 2.14 bits per heavy atom. The minimum absolute atomic E-state index is 0.126. The van der Waals surface area contributed by atoms with E-state index in [1.165, 1.54) is 25.0 Å². The van der Waals surface area contributed by atoms with E-state index in [0.717, 1.165) is 24.8 Å². The summed E-state index contributed by atoms with van der Waals surface area (Å²) in [5, 5.41) is 3.69. The third-order valence-corrected chi connectivity index (χ3v) is 5.02. The minimum atomic E-state index is -4.45. The second-order valence-corrected chi connectivity index (χ2v) is 6.84. The Morgan fingerprint density at radius 3 is 2.71 bits per heavy atom. The molecule has 0 saturated carbocycles. The Kier molecular flexibility index (Phi) is 5.37. The normalized spacial score (nSPS) is 19.3. The lowest BCUT2D eigenvalue weighted by Gasteiger charge is -2.22. The molecule has 1 fully saturated rings. The highest BCUT2D eigenvalue weighted by Crippen LogP contribution is 2.33. The Hall–Kier alpha value is -0.950. The number of thioether (sulfide) groups is 1. The Morgan fingerprint density at radius 1 is 1.38 bits per heavy atom. The second kappa shape index (κ2) is 6.87. The number of nitrogens with one attached hydrogen (secondary N) is 1. The fraction of sp³-hybridized carbons (Fsp3) is 0.500. The summed E-state index contributed by atoms with van der Waals surface area (Å²) < 4.78 is 38.6. The molecule has 2 rings (SSSR count). The van der Waals surface area contributed by atoms with E-state index in [4.69, 9.17) is 18.0 Å². The summed E-state index contributed by atoms with van der Waals surface area (Å²) in [6.07, 6.45) is -0.853. The lowest BCUT2D eigenvalue weighted by Crippen LogP contribution is -2.21. The highest BCUT2D eigenvalue weighted by molar-refractivity contribution is 7.99. The van der Waals surface area contributed by atoms with Gasteiger partial charge in [0.05, 0.1) is 5.56 Å². The average molecular weight is 334 g/mol.